The number of nitrogens with two attached hydrogens (primary N) is 4. The maximum atomic E-state index is 5.85. The predicted molar refractivity (Wildman–Crippen MR) is 148 cm³/mol. The Labute approximate surface area is 211 Å². The lowest BCUT2D eigenvalue weighted by atomic mass is 10.0. The average molecular weight is 489 g/mol. The van der Waals surface area contributed by atoms with Gasteiger partial charge in [-0.05, 0) is 54.1 Å². The van der Waals surface area contributed by atoms with Crippen LogP contribution in [-0.4, -0.2) is 28.4 Å². The Morgan fingerprint density at radius 1 is 0.444 bits per heavy atom. The van der Waals surface area contributed by atoms with Gasteiger partial charge in [0.2, 0.25) is 0 Å². The Morgan fingerprint density at radius 3 is 1.33 bits per heavy atom. The quantitative estimate of drug-likeness (QED) is 0.276. The van der Waals surface area contributed by atoms with Crippen LogP contribution in [0.1, 0.15) is 0 Å². The fraction of sp³-hybridized carbons (Fsp3) is 0.143. The van der Waals surface area contributed by atoms with E-state index in [0.717, 1.165) is 27.9 Å². The van der Waals surface area contributed by atoms with Crippen LogP contribution in [-0.2, 0) is 0 Å². The fourth-order valence-corrected chi connectivity index (χ4v) is 3.74. The van der Waals surface area contributed by atoms with E-state index in [1.54, 1.807) is 46.6 Å². The Kier molecular flexibility index (Phi) is 8.35. The highest BCUT2D eigenvalue weighted by Gasteiger charge is 2.14. The van der Waals surface area contributed by atoms with E-state index in [9.17, 15) is 0 Å². The van der Waals surface area contributed by atoms with Crippen molar-refractivity contribution in [1.29, 1.82) is 0 Å². The van der Waals surface area contributed by atoms with Crippen molar-refractivity contribution in [2.24, 2.45) is 0 Å². The lowest BCUT2D eigenvalue weighted by Gasteiger charge is -2.14. The van der Waals surface area contributed by atoms with E-state index in [1.807, 2.05) is 54.6 Å². The summed E-state index contributed by atoms with van der Waals surface area (Å²) in [5.41, 5.74) is 29.4. The summed E-state index contributed by atoms with van der Waals surface area (Å²) in [6.07, 6.45) is 0. The molecule has 188 valence electrons. The van der Waals surface area contributed by atoms with Crippen molar-refractivity contribution in [3.8, 4) is 45.3 Å². The number of anilines is 4. The van der Waals surface area contributed by atoms with Gasteiger partial charge in [-0.3, -0.25) is 0 Å². The van der Waals surface area contributed by atoms with Crippen LogP contribution in [0.5, 0.6) is 23.0 Å². The van der Waals surface area contributed by atoms with Crippen molar-refractivity contribution in [2.45, 2.75) is 0 Å². The molecule has 0 aliphatic rings. The molecule has 8 nitrogen and oxygen atoms in total. The number of hydrogen-bond acceptors (Lipinski definition) is 8. The maximum absolute atomic E-state index is 5.85. The minimum atomic E-state index is 0.548. The smallest absolute Gasteiger partial charge is 0.184 e. The molecule has 0 unspecified atom stereocenters. The second-order valence-corrected chi connectivity index (χ2v) is 7.81. The van der Waals surface area contributed by atoms with Crippen LogP contribution in [0.2, 0.25) is 0 Å². The van der Waals surface area contributed by atoms with Gasteiger partial charge in [-0.1, -0.05) is 12.1 Å². The third kappa shape index (κ3) is 5.67. The molecular formula is C28H32N4O4. The molecule has 0 bridgehead atoms. The highest BCUT2D eigenvalue weighted by Crippen LogP contribution is 2.42. The van der Waals surface area contributed by atoms with E-state index >= 15 is 0 Å². The van der Waals surface area contributed by atoms with Crippen molar-refractivity contribution in [3.63, 3.8) is 0 Å². The van der Waals surface area contributed by atoms with Gasteiger partial charge in [-0.25, -0.2) is 0 Å². The van der Waals surface area contributed by atoms with Crippen LogP contribution in [0, 0.1) is 0 Å². The lowest BCUT2D eigenvalue weighted by molar-refractivity contribution is 0.358. The first-order chi connectivity index (χ1) is 17.3. The Bertz CT molecular complexity index is 1270. The van der Waals surface area contributed by atoms with E-state index in [-0.39, 0.29) is 0 Å². The number of methoxy groups -OCH3 is 4. The monoisotopic (exact) mass is 488 g/mol. The second kappa shape index (κ2) is 11.6. The molecule has 0 amide bonds. The molecule has 36 heavy (non-hydrogen) atoms. The van der Waals surface area contributed by atoms with Gasteiger partial charge in [-0.2, -0.15) is 0 Å². The van der Waals surface area contributed by atoms with Crippen LogP contribution in [0.25, 0.3) is 22.3 Å². The first-order valence-corrected chi connectivity index (χ1v) is 11.1. The van der Waals surface area contributed by atoms with E-state index in [4.69, 9.17) is 41.9 Å². The van der Waals surface area contributed by atoms with Gasteiger partial charge in [0.25, 0.3) is 0 Å². The molecule has 8 heteroatoms. The molecule has 4 rings (SSSR count). The molecule has 0 aliphatic carbocycles. The number of rotatable bonds is 6. The molecule has 0 saturated carbocycles. The summed E-state index contributed by atoms with van der Waals surface area (Å²) in [5.74, 6) is 2.59. The Hall–Kier alpha value is -4.72. The summed E-state index contributed by atoms with van der Waals surface area (Å²) in [6, 6.07) is 22.3. The third-order valence-electron chi connectivity index (χ3n) is 5.51. The minimum absolute atomic E-state index is 0.548. The minimum Gasteiger partial charge on any atom is -0.496 e. The summed E-state index contributed by atoms with van der Waals surface area (Å²) in [5, 5.41) is 0. The molecule has 0 atom stereocenters. The summed E-state index contributed by atoms with van der Waals surface area (Å²) in [4.78, 5) is 0. The van der Waals surface area contributed by atoms with Gasteiger partial charge < -0.3 is 41.9 Å². The van der Waals surface area contributed by atoms with Crippen molar-refractivity contribution in [1.82, 2.24) is 0 Å². The highest BCUT2D eigenvalue weighted by atomic mass is 16.5. The van der Waals surface area contributed by atoms with Gasteiger partial charge in [0.1, 0.15) is 11.5 Å². The van der Waals surface area contributed by atoms with Gasteiger partial charge in [0.15, 0.2) is 11.5 Å². The summed E-state index contributed by atoms with van der Waals surface area (Å²) < 4.78 is 21.4. The van der Waals surface area contributed by atoms with Gasteiger partial charge in [-0.15, -0.1) is 0 Å². The second-order valence-electron chi connectivity index (χ2n) is 7.81. The molecule has 0 fully saturated rings. The van der Waals surface area contributed by atoms with Gasteiger partial charge in [0.05, 0.1) is 34.1 Å². The van der Waals surface area contributed by atoms with Gasteiger partial charge in [0, 0.05) is 45.9 Å². The highest BCUT2D eigenvalue weighted by molar-refractivity contribution is 5.80. The lowest BCUT2D eigenvalue weighted by Crippen LogP contribution is -1.98. The van der Waals surface area contributed by atoms with Gasteiger partial charge >= 0.3 is 0 Å². The molecule has 0 saturated heterocycles. The SMILES string of the molecule is COc1c(N)ccc(-c2ccc(N)cc2)c1OC.COc1cc(N)ccc1-c1ccc(N)cc1OC. The molecule has 0 spiro atoms. The van der Waals surface area contributed by atoms with E-state index in [2.05, 4.69) is 0 Å². The Balaban J connectivity index is 0.000000201. The normalized spacial score (nSPS) is 10.1. The topological polar surface area (TPSA) is 141 Å². The zero-order valence-electron chi connectivity index (χ0n) is 20.9. The number of nitrogen functional groups attached to an aromatic ring is 4. The Morgan fingerprint density at radius 2 is 0.889 bits per heavy atom. The summed E-state index contributed by atoms with van der Waals surface area (Å²) in [6.45, 7) is 0. The van der Waals surface area contributed by atoms with Crippen LogP contribution in [0.4, 0.5) is 22.7 Å². The van der Waals surface area contributed by atoms with Crippen molar-refractivity contribution in [3.05, 3.63) is 72.8 Å². The molecule has 4 aromatic carbocycles. The summed E-state index contributed by atoms with van der Waals surface area (Å²) in [7, 11) is 6.39. The first kappa shape index (κ1) is 25.9. The van der Waals surface area contributed by atoms with Crippen molar-refractivity contribution in [2.75, 3.05) is 51.4 Å². The van der Waals surface area contributed by atoms with E-state index < -0.39 is 0 Å². The van der Waals surface area contributed by atoms with Crippen LogP contribution >= 0.6 is 0 Å². The maximum Gasteiger partial charge on any atom is 0.184 e. The van der Waals surface area contributed by atoms with Crippen LogP contribution in [0.15, 0.2) is 72.8 Å². The number of ether oxygens (including phenoxy) is 4. The molecule has 0 heterocycles. The molecule has 8 N–H and O–H groups in total. The standard InChI is InChI=1S/2C14H16N2O2/c1-17-13-7-9(15)3-5-11(13)12-6-4-10(16)8-14(12)18-2;1-17-13-11(7-8-12(16)14(13)18-2)9-3-5-10(15)6-4-9/h2*3-8H,15-16H2,1-2H3. The average Bonchev–Trinajstić information content (AvgIpc) is 2.89. The largest absolute Gasteiger partial charge is 0.496 e. The molecule has 0 radical (unpaired) electrons. The van der Waals surface area contributed by atoms with Crippen LogP contribution in [0.3, 0.4) is 0 Å². The van der Waals surface area contributed by atoms with E-state index in [0.29, 0.717) is 40.1 Å². The van der Waals surface area contributed by atoms with Crippen molar-refractivity contribution >= 4 is 22.7 Å². The number of hydrogen-bond donors (Lipinski definition) is 4. The third-order valence-corrected chi connectivity index (χ3v) is 5.51. The zero-order valence-corrected chi connectivity index (χ0v) is 20.9. The molecule has 0 aromatic heterocycles. The summed E-state index contributed by atoms with van der Waals surface area (Å²) >= 11 is 0. The fourth-order valence-electron chi connectivity index (χ4n) is 3.74. The predicted octanol–water partition coefficient (Wildman–Crippen LogP) is 5.07. The number of benzene rings is 4. The van der Waals surface area contributed by atoms with E-state index in [1.165, 1.54) is 0 Å². The first-order valence-electron chi connectivity index (χ1n) is 11.1. The molecular weight excluding hydrogens is 456 g/mol. The zero-order chi connectivity index (χ0) is 26.2. The molecule has 4 aromatic rings. The van der Waals surface area contributed by atoms with Crippen molar-refractivity contribution < 1.29 is 18.9 Å². The molecule has 0 aliphatic heterocycles. The van der Waals surface area contributed by atoms with Crippen LogP contribution < -0.4 is 41.9 Å².